The molecular weight excluding hydrogens is 222 g/mol. The van der Waals surface area contributed by atoms with Gasteiger partial charge in [0.05, 0.1) is 4.75 Å². The molecule has 0 spiro atoms. The fraction of sp³-hybridized carbons (Fsp3) is 1.00. The molecule has 1 N–H and O–H groups in total. The van der Waals surface area contributed by atoms with Crippen LogP contribution in [0.1, 0.15) is 40.0 Å². The summed E-state index contributed by atoms with van der Waals surface area (Å²) in [5.41, 5.74) is -0.367. The highest BCUT2D eigenvalue weighted by atomic mass is 35.5. The van der Waals surface area contributed by atoms with E-state index < -0.39 is 14.8 Å². The highest BCUT2D eigenvalue weighted by molar-refractivity contribution is 7.90. The molecule has 0 atom stereocenters. The third-order valence-corrected chi connectivity index (χ3v) is 5.55. The van der Waals surface area contributed by atoms with Crippen LogP contribution in [0.15, 0.2) is 0 Å². The van der Waals surface area contributed by atoms with Crippen LogP contribution in [-0.4, -0.2) is 24.6 Å². The molecule has 1 rings (SSSR count). The van der Waals surface area contributed by atoms with Crippen molar-refractivity contribution in [2.75, 3.05) is 5.88 Å². The van der Waals surface area contributed by atoms with Crippen molar-refractivity contribution >= 4 is 21.6 Å². The molecule has 0 heterocycles. The Kier molecular flexibility index (Phi) is 3.20. The number of sulfonamides is 1. The molecule has 0 unspecified atom stereocenters. The SMILES string of the molecule is CC(C)(C)S(=O)(=O)NC1(CCl)CCC1. The topological polar surface area (TPSA) is 46.2 Å². The number of nitrogens with one attached hydrogen (secondary N) is 1. The molecule has 0 amide bonds. The van der Waals surface area contributed by atoms with Crippen molar-refractivity contribution in [1.29, 1.82) is 0 Å². The predicted octanol–water partition coefficient (Wildman–Crippen LogP) is 1.87. The third kappa shape index (κ3) is 2.23. The first-order valence-corrected chi connectivity index (χ1v) is 6.84. The van der Waals surface area contributed by atoms with Crippen LogP contribution in [0.25, 0.3) is 0 Å². The summed E-state index contributed by atoms with van der Waals surface area (Å²) in [7, 11) is -3.26. The first-order chi connectivity index (χ1) is 6.22. The molecule has 14 heavy (non-hydrogen) atoms. The fourth-order valence-electron chi connectivity index (χ4n) is 1.30. The first-order valence-electron chi connectivity index (χ1n) is 4.82. The van der Waals surface area contributed by atoms with Crippen molar-refractivity contribution in [2.24, 2.45) is 0 Å². The van der Waals surface area contributed by atoms with Gasteiger partial charge in [0.2, 0.25) is 10.0 Å². The second-order valence-electron chi connectivity index (χ2n) is 4.99. The Morgan fingerprint density at radius 3 is 2.07 bits per heavy atom. The van der Waals surface area contributed by atoms with Gasteiger partial charge in [-0.05, 0) is 40.0 Å². The maximum atomic E-state index is 11.8. The minimum atomic E-state index is -3.26. The summed E-state index contributed by atoms with van der Waals surface area (Å²) in [6, 6.07) is 0. The van der Waals surface area contributed by atoms with Crippen LogP contribution in [0.5, 0.6) is 0 Å². The van der Waals surface area contributed by atoms with Gasteiger partial charge < -0.3 is 0 Å². The average Bonchev–Trinajstić information content (AvgIpc) is 1.94. The lowest BCUT2D eigenvalue weighted by atomic mass is 9.79. The minimum absolute atomic E-state index is 0.363. The molecular formula is C9H18ClNO2S. The van der Waals surface area contributed by atoms with E-state index in [0.29, 0.717) is 5.88 Å². The van der Waals surface area contributed by atoms with Crippen LogP contribution in [0.4, 0.5) is 0 Å². The van der Waals surface area contributed by atoms with E-state index in [1.54, 1.807) is 20.8 Å². The quantitative estimate of drug-likeness (QED) is 0.765. The zero-order valence-electron chi connectivity index (χ0n) is 8.93. The van der Waals surface area contributed by atoms with E-state index in [9.17, 15) is 8.42 Å². The van der Waals surface area contributed by atoms with E-state index in [-0.39, 0.29) is 5.54 Å². The molecule has 0 aromatic rings. The fourth-order valence-corrected chi connectivity index (χ4v) is 2.87. The van der Waals surface area contributed by atoms with Crippen LogP contribution in [-0.2, 0) is 10.0 Å². The van der Waals surface area contributed by atoms with Crippen LogP contribution in [0.3, 0.4) is 0 Å². The summed E-state index contributed by atoms with van der Waals surface area (Å²) in [5, 5.41) is 0. The monoisotopic (exact) mass is 239 g/mol. The Hall–Kier alpha value is 0.200. The predicted molar refractivity (Wildman–Crippen MR) is 59.1 cm³/mol. The van der Waals surface area contributed by atoms with Gasteiger partial charge in [-0.25, -0.2) is 13.1 Å². The smallest absolute Gasteiger partial charge is 0.212 e. The summed E-state index contributed by atoms with van der Waals surface area (Å²) in [4.78, 5) is 0. The molecule has 1 saturated carbocycles. The molecule has 3 nitrogen and oxygen atoms in total. The molecule has 0 aromatic carbocycles. The van der Waals surface area contributed by atoms with Gasteiger partial charge in [-0.3, -0.25) is 0 Å². The lowest BCUT2D eigenvalue weighted by Gasteiger charge is -2.42. The maximum Gasteiger partial charge on any atom is 0.217 e. The van der Waals surface area contributed by atoms with Crippen molar-refractivity contribution in [3.05, 3.63) is 0 Å². The third-order valence-electron chi connectivity index (χ3n) is 2.72. The van der Waals surface area contributed by atoms with Crippen LogP contribution in [0, 0.1) is 0 Å². The van der Waals surface area contributed by atoms with Crippen molar-refractivity contribution in [3.8, 4) is 0 Å². The van der Waals surface area contributed by atoms with Gasteiger partial charge in [0, 0.05) is 11.4 Å². The number of rotatable bonds is 3. The average molecular weight is 240 g/mol. The summed E-state index contributed by atoms with van der Waals surface area (Å²) < 4.78 is 25.7. The van der Waals surface area contributed by atoms with Gasteiger partial charge in [0.25, 0.3) is 0 Å². The van der Waals surface area contributed by atoms with Gasteiger partial charge in [-0.15, -0.1) is 11.6 Å². The van der Waals surface area contributed by atoms with E-state index in [0.717, 1.165) is 19.3 Å². The second kappa shape index (κ2) is 3.65. The Morgan fingerprint density at radius 2 is 1.86 bits per heavy atom. The lowest BCUT2D eigenvalue weighted by Crippen LogP contribution is -2.58. The summed E-state index contributed by atoms with van der Waals surface area (Å²) in [6.07, 6.45) is 2.76. The normalized spacial score (nSPS) is 21.7. The molecule has 0 aromatic heterocycles. The van der Waals surface area contributed by atoms with Crippen molar-refractivity contribution in [1.82, 2.24) is 4.72 Å². The van der Waals surface area contributed by atoms with Crippen molar-refractivity contribution in [2.45, 2.75) is 50.3 Å². The molecule has 1 fully saturated rings. The molecule has 0 radical (unpaired) electrons. The number of halogens is 1. The standard InChI is InChI=1S/C9H18ClNO2S/c1-8(2,3)14(12,13)11-9(7-10)5-4-6-9/h11H,4-7H2,1-3H3. The van der Waals surface area contributed by atoms with Gasteiger partial charge in [-0.2, -0.15) is 0 Å². The van der Waals surface area contributed by atoms with Crippen molar-refractivity contribution in [3.63, 3.8) is 0 Å². The maximum absolute atomic E-state index is 11.8. The summed E-state index contributed by atoms with van der Waals surface area (Å²) in [6.45, 7) is 5.07. The van der Waals surface area contributed by atoms with Gasteiger partial charge >= 0.3 is 0 Å². The highest BCUT2D eigenvalue weighted by Crippen LogP contribution is 2.34. The summed E-state index contributed by atoms with van der Waals surface area (Å²) in [5.74, 6) is 0.363. The van der Waals surface area contributed by atoms with E-state index in [2.05, 4.69) is 4.72 Å². The molecule has 1 aliphatic rings. The van der Waals surface area contributed by atoms with Crippen LogP contribution >= 0.6 is 11.6 Å². The molecule has 5 heteroatoms. The Morgan fingerprint density at radius 1 is 1.36 bits per heavy atom. The van der Waals surface area contributed by atoms with E-state index >= 15 is 0 Å². The Balaban J connectivity index is 2.78. The summed E-state index contributed by atoms with van der Waals surface area (Å²) >= 11 is 5.79. The van der Waals surface area contributed by atoms with E-state index in [1.165, 1.54) is 0 Å². The molecule has 0 aliphatic heterocycles. The number of alkyl halides is 1. The van der Waals surface area contributed by atoms with Crippen LogP contribution < -0.4 is 4.72 Å². The Labute approximate surface area is 91.3 Å². The Bertz CT molecular complexity index is 296. The van der Waals surface area contributed by atoms with Crippen LogP contribution in [0.2, 0.25) is 0 Å². The molecule has 0 saturated heterocycles. The molecule has 0 bridgehead atoms. The van der Waals surface area contributed by atoms with Gasteiger partial charge in [-0.1, -0.05) is 0 Å². The molecule has 84 valence electrons. The van der Waals surface area contributed by atoms with E-state index in [4.69, 9.17) is 11.6 Å². The lowest BCUT2D eigenvalue weighted by molar-refractivity contribution is 0.250. The van der Waals surface area contributed by atoms with Gasteiger partial charge in [0.15, 0.2) is 0 Å². The zero-order valence-corrected chi connectivity index (χ0v) is 10.5. The number of hydrogen-bond donors (Lipinski definition) is 1. The zero-order chi connectivity index (χ0) is 11.0. The highest BCUT2D eigenvalue weighted by Gasteiger charge is 2.42. The second-order valence-corrected chi connectivity index (χ2v) is 7.69. The molecule has 1 aliphatic carbocycles. The van der Waals surface area contributed by atoms with E-state index in [1.807, 2.05) is 0 Å². The largest absolute Gasteiger partial charge is 0.217 e. The number of hydrogen-bond acceptors (Lipinski definition) is 2. The first kappa shape index (κ1) is 12.3. The minimum Gasteiger partial charge on any atom is -0.212 e. The van der Waals surface area contributed by atoms with Gasteiger partial charge in [0.1, 0.15) is 0 Å². The van der Waals surface area contributed by atoms with Crippen molar-refractivity contribution < 1.29 is 8.42 Å².